The van der Waals surface area contributed by atoms with Gasteiger partial charge in [0.15, 0.2) is 0 Å². The van der Waals surface area contributed by atoms with Crippen LogP contribution in [-0.2, 0) is 0 Å². The van der Waals surface area contributed by atoms with Gasteiger partial charge in [-0.25, -0.2) is 0 Å². The fraction of sp³-hybridized carbons (Fsp3) is 0.333. The summed E-state index contributed by atoms with van der Waals surface area (Å²) in [5, 5.41) is 0. The Morgan fingerprint density at radius 2 is 2.00 bits per heavy atom. The van der Waals surface area contributed by atoms with E-state index < -0.39 is 0 Å². The molecule has 1 aromatic carbocycles. The molecule has 0 bridgehead atoms. The summed E-state index contributed by atoms with van der Waals surface area (Å²) in [6.45, 7) is 2.14. The van der Waals surface area contributed by atoms with Crippen LogP contribution in [0.15, 0.2) is 30.3 Å². The summed E-state index contributed by atoms with van der Waals surface area (Å²) < 4.78 is 0. The van der Waals surface area contributed by atoms with Gasteiger partial charge in [-0.2, -0.15) is 0 Å². The largest absolute Gasteiger partial charge is 0.102 e. The van der Waals surface area contributed by atoms with E-state index in [1.165, 1.54) is 5.56 Å². The zero-order chi connectivity index (χ0) is 9.52. The van der Waals surface area contributed by atoms with Crippen molar-refractivity contribution in [3.63, 3.8) is 0 Å². The maximum absolute atomic E-state index is 3.54. The summed E-state index contributed by atoms with van der Waals surface area (Å²) in [4.78, 5) is 0.181. The van der Waals surface area contributed by atoms with Crippen molar-refractivity contribution >= 4 is 15.9 Å². The molecule has 0 aliphatic carbocycles. The van der Waals surface area contributed by atoms with Crippen LogP contribution < -0.4 is 0 Å². The summed E-state index contributed by atoms with van der Waals surface area (Å²) in [6.07, 6.45) is 2.11. The normalized spacial score (nSPS) is 11.5. The molecule has 0 spiro atoms. The van der Waals surface area contributed by atoms with Gasteiger partial charge in [-0.15, -0.1) is 5.92 Å². The quantitative estimate of drug-likeness (QED) is 0.540. The first-order valence-electron chi connectivity index (χ1n) is 4.52. The first-order valence-corrected chi connectivity index (χ1v) is 5.43. The maximum Gasteiger partial charge on any atom is 0.100 e. The van der Waals surface area contributed by atoms with Gasteiger partial charge >= 0.3 is 0 Å². The van der Waals surface area contributed by atoms with E-state index in [9.17, 15) is 0 Å². The predicted octanol–water partition coefficient (Wildman–Crippen LogP) is 3.93. The fourth-order valence-corrected chi connectivity index (χ4v) is 1.46. The summed E-state index contributed by atoms with van der Waals surface area (Å²) in [7, 11) is 0. The van der Waals surface area contributed by atoms with Crippen LogP contribution >= 0.6 is 15.9 Å². The molecule has 0 radical (unpaired) electrons. The van der Waals surface area contributed by atoms with Crippen molar-refractivity contribution in [2.45, 2.75) is 24.6 Å². The molecule has 0 heterocycles. The molecule has 0 amide bonds. The molecule has 0 saturated carbocycles. The maximum atomic E-state index is 3.54. The highest BCUT2D eigenvalue weighted by atomic mass is 79.9. The van der Waals surface area contributed by atoms with Crippen molar-refractivity contribution in [1.29, 1.82) is 0 Å². The van der Waals surface area contributed by atoms with Gasteiger partial charge < -0.3 is 0 Å². The van der Waals surface area contributed by atoms with E-state index in [0.717, 1.165) is 12.8 Å². The molecule has 0 aliphatic rings. The van der Waals surface area contributed by atoms with E-state index >= 15 is 0 Å². The van der Waals surface area contributed by atoms with Gasteiger partial charge in [-0.3, -0.25) is 0 Å². The van der Waals surface area contributed by atoms with Gasteiger partial charge in [-0.05, 0) is 12.0 Å². The van der Waals surface area contributed by atoms with E-state index in [-0.39, 0.29) is 4.83 Å². The Kier molecular flexibility index (Phi) is 4.64. The summed E-state index contributed by atoms with van der Waals surface area (Å²) in [5.41, 5.74) is 1.23. The number of rotatable bonds is 2. The smallest absolute Gasteiger partial charge is 0.100 e. The topological polar surface area (TPSA) is 0 Å². The number of alkyl halides is 1. The molecule has 0 nitrogen and oxygen atoms in total. The minimum atomic E-state index is 0.181. The lowest BCUT2D eigenvalue weighted by molar-refractivity contribution is 0.981. The molecule has 13 heavy (non-hydrogen) atoms. The van der Waals surface area contributed by atoms with Gasteiger partial charge in [0.1, 0.15) is 4.83 Å². The van der Waals surface area contributed by atoms with Gasteiger partial charge in [0.2, 0.25) is 0 Å². The Balaban J connectivity index is 2.60. The monoisotopic (exact) mass is 236 g/mol. The minimum absolute atomic E-state index is 0.181. The van der Waals surface area contributed by atoms with Crippen LogP contribution in [0.1, 0.15) is 30.2 Å². The Morgan fingerprint density at radius 1 is 1.31 bits per heavy atom. The zero-order valence-electron chi connectivity index (χ0n) is 7.76. The van der Waals surface area contributed by atoms with Crippen LogP contribution in [0.2, 0.25) is 0 Å². The summed E-state index contributed by atoms with van der Waals surface area (Å²) >= 11 is 3.54. The first-order chi connectivity index (χ1) is 6.34. The fourth-order valence-electron chi connectivity index (χ4n) is 0.992. The number of hydrogen-bond acceptors (Lipinski definition) is 0. The molecular weight excluding hydrogens is 224 g/mol. The van der Waals surface area contributed by atoms with Crippen LogP contribution in [0, 0.1) is 11.8 Å². The third-order valence-electron chi connectivity index (χ3n) is 1.70. The third-order valence-corrected chi connectivity index (χ3v) is 2.45. The first kappa shape index (κ1) is 10.3. The van der Waals surface area contributed by atoms with Crippen molar-refractivity contribution in [2.24, 2.45) is 0 Å². The average molecular weight is 237 g/mol. The Bertz CT molecular complexity index is 292. The van der Waals surface area contributed by atoms with Crippen LogP contribution in [0.5, 0.6) is 0 Å². The van der Waals surface area contributed by atoms with Crippen LogP contribution in [-0.4, -0.2) is 0 Å². The lowest BCUT2D eigenvalue weighted by Crippen LogP contribution is -1.84. The molecule has 0 aromatic heterocycles. The highest BCUT2D eigenvalue weighted by Gasteiger charge is 2.00. The van der Waals surface area contributed by atoms with Crippen LogP contribution in [0.3, 0.4) is 0 Å². The molecule has 0 aliphatic heterocycles. The molecule has 1 atom stereocenters. The van der Waals surface area contributed by atoms with E-state index in [4.69, 9.17) is 0 Å². The molecule has 1 unspecified atom stereocenters. The highest BCUT2D eigenvalue weighted by Crippen LogP contribution is 2.20. The minimum Gasteiger partial charge on any atom is -0.102 e. The Morgan fingerprint density at radius 3 is 2.62 bits per heavy atom. The molecule has 1 aromatic rings. The highest BCUT2D eigenvalue weighted by molar-refractivity contribution is 9.09. The molecular formula is C12H13Br. The number of unbranched alkanes of at least 4 members (excludes halogenated alkanes) is 1. The summed E-state index contributed by atoms with van der Waals surface area (Å²) in [5.74, 6) is 6.30. The lowest BCUT2D eigenvalue weighted by Gasteiger charge is -2.00. The van der Waals surface area contributed by atoms with Gasteiger partial charge in [0.25, 0.3) is 0 Å². The molecule has 68 valence electrons. The second kappa shape index (κ2) is 5.83. The van der Waals surface area contributed by atoms with E-state index in [1.807, 2.05) is 18.2 Å². The number of hydrogen-bond donors (Lipinski definition) is 0. The van der Waals surface area contributed by atoms with Crippen molar-refractivity contribution in [2.75, 3.05) is 0 Å². The second-order valence-electron chi connectivity index (χ2n) is 2.84. The average Bonchev–Trinajstić information content (AvgIpc) is 2.19. The molecule has 0 saturated heterocycles. The SMILES string of the molecule is CCCC#CC(Br)c1ccccc1. The molecule has 1 heteroatoms. The third kappa shape index (κ3) is 3.65. The van der Waals surface area contributed by atoms with Crippen molar-refractivity contribution < 1.29 is 0 Å². The Labute approximate surface area is 88.5 Å². The second-order valence-corrected chi connectivity index (χ2v) is 3.76. The Hall–Kier alpha value is -0.740. The van der Waals surface area contributed by atoms with E-state index in [0.29, 0.717) is 0 Å². The van der Waals surface area contributed by atoms with Crippen molar-refractivity contribution in [3.05, 3.63) is 35.9 Å². The van der Waals surface area contributed by atoms with Crippen molar-refractivity contribution in [3.8, 4) is 11.8 Å². The molecule has 1 rings (SSSR count). The van der Waals surface area contributed by atoms with Crippen LogP contribution in [0.25, 0.3) is 0 Å². The number of benzene rings is 1. The zero-order valence-corrected chi connectivity index (χ0v) is 9.34. The molecule has 0 N–H and O–H groups in total. The van der Waals surface area contributed by atoms with Gasteiger partial charge in [0, 0.05) is 6.42 Å². The van der Waals surface area contributed by atoms with Crippen LogP contribution in [0.4, 0.5) is 0 Å². The summed E-state index contributed by atoms with van der Waals surface area (Å²) in [6, 6.07) is 10.2. The van der Waals surface area contributed by atoms with Crippen molar-refractivity contribution in [1.82, 2.24) is 0 Å². The number of halogens is 1. The van der Waals surface area contributed by atoms with Gasteiger partial charge in [0.05, 0.1) is 0 Å². The van der Waals surface area contributed by atoms with E-state index in [2.05, 4.69) is 46.8 Å². The lowest BCUT2D eigenvalue weighted by atomic mass is 10.1. The molecule has 0 fully saturated rings. The predicted molar refractivity (Wildman–Crippen MR) is 60.8 cm³/mol. The standard InChI is InChI=1S/C12H13Br/c1-2-3-5-10-12(13)11-8-6-4-7-9-11/h4,6-9,12H,2-3H2,1H3. The van der Waals surface area contributed by atoms with Gasteiger partial charge in [-0.1, -0.05) is 59.1 Å². The van der Waals surface area contributed by atoms with E-state index in [1.54, 1.807) is 0 Å².